The molecule has 0 atom stereocenters. The minimum absolute atomic E-state index is 0.265. The van der Waals surface area contributed by atoms with E-state index in [-0.39, 0.29) is 6.61 Å². The van der Waals surface area contributed by atoms with Crippen molar-refractivity contribution in [2.45, 2.75) is 6.92 Å². The van der Waals surface area contributed by atoms with Gasteiger partial charge in [0.25, 0.3) is 0 Å². The van der Waals surface area contributed by atoms with Gasteiger partial charge in [0.15, 0.2) is 0 Å². The van der Waals surface area contributed by atoms with Gasteiger partial charge in [0.1, 0.15) is 0 Å². The summed E-state index contributed by atoms with van der Waals surface area (Å²) in [4.78, 5) is 20.9. The molecule has 0 aliphatic carbocycles. The maximum atomic E-state index is 10.5. The van der Waals surface area contributed by atoms with Gasteiger partial charge in [-0.05, 0) is 6.92 Å². The van der Waals surface area contributed by atoms with Crippen molar-refractivity contribution in [3.8, 4) is 0 Å². The van der Waals surface area contributed by atoms with Crippen molar-refractivity contribution in [2.75, 3.05) is 6.61 Å². The van der Waals surface area contributed by atoms with Crippen LogP contribution in [0.2, 0.25) is 0 Å². The van der Waals surface area contributed by atoms with Crippen LogP contribution in [0.15, 0.2) is 0 Å². The largest absolute Gasteiger partial charge is 0.449 e. The van der Waals surface area contributed by atoms with Gasteiger partial charge in [0, 0.05) is 0 Å². The molecule has 62 valence electrons. The summed E-state index contributed by atoms with van der Waals surface area (Å²) in [5.41, 5.74) is 4.05. The van der Waals surface area contributed by atoms with Crippen LogP contribution in [-0.2, 0) is 4.74 Å². The maximum absolute atomic E-state index is 10.5. The van der Waals surface area contributed by atoms with Crippen molar-refractivity contribution in [3.05, 3.63) is 0 Å². The van der Waals surface area contributed by atoms with Gasteiger partial charge in [-0.1, -0.05) is 0 Å². The fourth-order valence-electron chi connectivity index (χ4n) is 0.337. The van der Waals surface area contributed by atoms with E-state index in [1.807, 2.05) is 10.9 Å². The van der Waals surface area contributed by atoms with Crippen molar-refractivity contribution >= 4 is 20.1 Å². The van der Waals surface area contributed by atoms with Gasteiger partial charge >= 0.3 is 12.1 Å². The number of rotatable bonds is 1. The van der Waals surface area contributed by atoms with Gasteiger partial charge in [-0.2, -0.15) is 0 Å². The lowest BCUT2D eigenvalue weighted by atomic mass is 10.4. The summed E-state index contributed by atoms with van der Waals surface area (Å²) in [6.45, 7) is 1.93. The minimum atomic E-state index is -0.684. The highest BCUT2D eigenvalue weighted by Gasteiger charge is 1.99. The van der Waals surface area contributed by atoms with E-state index in [0.29, 0.717) is 0 Å². The molecule has 0 saturated carbocycles. The molecule has 0 aromatic carbocycles. The van der Waals surface area contributed by atoms with E-state index < -0.39 is 12.1 Å². The molecule has 0 aliphatic rings. The average molecular weight is 159 g/mol. The molecule has 0 saturated heterocycles. The van der Waals surface area contributed by atoms with Crippen LogP contribution in [0.5, 0.6) is 0 Å². The number of hydrogen-bond donors (Lipinski definition) is 3. The smallest absolute Gasteiger partial charge is 0.426 e. The lowest BCUT2D eigenvalue weighted by Gasteiger charge is -2.05. The third-order valence-electron chi connectivity index (χ3n) is 0.781. The summed E-state index contributed by atoms with van der Waals surface area (Å²) in [5.74, 6) is 0. The molecule has 6 nitrogen and oxygen atoms in total. The predicted molar refractivity (Wildman–Crippen MR) is 40.4 cm³/mol. The van der Waals surface area contributed by atoms with Crippen molar-refractivity contribution in [2.24, 2.45) is 0 Å². The molecular formula is C4H10BN3O3. The van der Waals surface area contributed by atoms with Crippen molar-refractivity contribution < 1.29 is 14.3 Å². The molecule has 0 spiro atoms. The van der Waals surface area contributed by atoms with Crippen LogP contribution in [0, 0.1) is 0 Å². The zero-order valence-electron chi connectivity index (χ0n) is 6.43. The predicted octanol–water partition coefficient (Wildman–Crippen LogP) is -1.51. The first kappa shape index (κ1) is 9.60. The summed E-state index contributed by atoms with van der Waals surface area (Å²) < 4.78 is 4.44. The summed E-state index contributed by atoms with van der Waals surface area (Å²) in [6.07, 6.45) is -0.684. The van der Waals surface area contributed by atoms with Gasteiger partial charge in [-0.3, -0.25) is 0 Å². The molecule has 0 fully saturated rings. The number of carbonyl (C=O) groups is 2. The molecule has 0 heterocycles. The zero-order chi connectivity index (χ0) is 8.69. The molecule has 0 aromatic rings. The van der Waals surface area contributed by atoms with Crippen LogP contribution in [-0.4, -0.2) is 26.7 Å². The monoisotopic (exact) mass is 159 g/mol. The number of hydrogen-bond acceptors (Lipinski definition) is 3. The molecule has 3 amide bonds. The van der Waals surface area contributed by atoms with Crippen LogP contribution in [0.25, 0.3) is 0 Å². The first-order chi connectivity index (χ1) is 5.20. The Bertz CT molecular complexity index is 152. The van der Waals surface area contributed by atoms with Gasteiger partial charge in [0.2, 0.25) is 7.98 Å². The van der Waals surface area contributed by atoms with Crippen LogP contribution in [0.3, 0.4) is 0 Å². The number of ether oxygens (including phenoxy) is 1. The third kappa shape index (κ3) is 5.07. The minimum Gasteiger partial charge on any atom is -0.449 e. The standard InChI is InChI=1S/C4H10BN3O3/c1-2-11-4(10)8-7-3(9)6-5/h2,5H2,1H3,(H,8,10)(H2,6,7,9). The van der Waals surface area contributed by atoms with Crippen molar-refractivity contribution in [1.82, 2.24) is 16.1 Å². The topological polar surface area (TPSA) is 79.5 Å². The number of amides is 3. The number of carbonyl (C=O) groups excluding carboxylic acids is 2. The second kappa shape index (κ2) is 5.39. The van der Waals surface area contributed by atoms with Crippen LogP contribution in [0.4, 0.5) is 9.59 Å². The molecule has 11 heavy (non-hydrogen) atoms. The first-order valence-corrected chi connectivity index (χ1v) is 3.11. The fourth-order valence-corrected chi connectivity index (χ4v) is 0.337. The van der Waals surface area contributed by atoms with E-state index in [2.05, 4.69) is 9.96 Å². The lowest BCUT2D eigenvalue weighted by molar-refractivity contribution is 0.147. The van der Waals surface area contributed by atoms with E-state index in [1.54, 1.807) is 6.92 Å². The second-order valence-electron chi connectivity index (χ2n) is 1.55. The Morgan fingerprint density at radius 1 is 1.45 bits per heavy atom. The highest BCUT2D eigenvalue weighted by Crippen LogP contribution is 1.71. The molecule has 0 aromatic heterocycles. The van der Waals surface area contributed by atoms with Crippen LogP contribution >= 0.6 is 0 Å². The number of urea groups is 1. The lowest BCUT2D eigenvalue weighted by Crippen LogP contribution is -2.46. The summed E-state index contributed by atoms with van der Waals surface area (Å²) >= 11 is 0. The SMILES string of the molecule is BNC(=O)NNC(=O)OCC. The highest BCUT2D eigenvalue weighted by atomic mass is 16.6. The summed E-state index contributed by atoms with van der Waals surface area (Å²) in [5, 5.41) is 2.24. The Morgan fingerprint density at radius 2 is 2.09 bits per heavy atom. The van der Waals surface area contributed by atoms with E-state index in [1.165, 1.54) is 7.98 Å². The Kier molecular flexibility index (Phi) is 4.71. The third-order valence-corrected chi connectivity index (χ3v) is 0.781. The van der Waals surface area contributed by atoms with Crippen molar-refractivity contribution in [1.29, 1.82) is 0 Å². The number of hydrazine groups is 1. The molecule has 7 heteroatoms. The molecule has 0 bridgehead atoms. The fraction of sp³-hybridized carbons (Fsp3) is 0.500. The quantitative estimate of drug-likeness (QED) is 0.321. The highest BCUT2D eigenvalue weighted by molar-refractivity contribution is 6.13. The van der Waals surface area contributed by atoms with Gasteiger partial charge < -0.3 is 9.96 Å². The van der Waals surface area contributed by atoms with Crippen molar-refractivity contribution in [3.63, 3.8) is 0 Å². The molecule has 0 unspecified atom stereocenters. The van der Waals surface area contributed by atoms with E-state index in [4.69, 9.17) is 0 Å². The normalized spacial score (nSPS) is 8.09. The van der Waals surface area contributed by atoms with E-state index in [9.17, 15) is 9.59 Å². The van der Waals surface area contributed by atoms with Gasteiger partial charge in [0.05, 0.1) is 6.61 Å². The Hall–Kier alpha value is -1.40. The van der Waals surface area contributed by atoms with E-state index in [0.717, 1.165) is 0 Å². The average Bonchev–Trinajstić information content (AvgIpc) is 2.01. The van der Waals surface area contributed by atoms with E-state index >= 15 is 0 Å². The van der Waals surface area contributed by atoms with Gasteiger partial charge in [-0.15, -0.1) is 0 Å². The Morgan fingerprint density at radius 3 is 2.55 bits per heavy atom. The Balaban J connectivity index is 3.38. The summed E-state index contributed by atoms with van der Waals surface area (Å²) in [7, 11) is 1.43. The molecule has 3 N–H and O–H groups in total. The molecular weight excluding hydrogens is 149 g/mol. The summed E-state index contributed by atoms with van der Waals surface area (Å²) in [6, 6.07) is -0.502. The molecule has 0 radical (unpaired) electrons. The first-order valence-electron chi connectivity index (χ1n) is 3.11. The zero-order valence-corrected chi connectivity index (χ0v) is 6.43. The maximum Gasteiger partial charge on any atom is 0.426 e. The number of nitrogens with one attached hydrogen (secondary N) is 3. The molecule has 0 rings (SSSR count). The van der Waals surface area contributed by atoms with Crippen LogP contribution in [0.1, 0.15) is 6.92 Å². The second-order valence-corrected chi connectivity index (χ2v) is 1.55. The molecule has 0 aliphatic heterocycles. The Labute approximate surface area is 65.1 Å². The van der Waals surface area contributed by atoms with Gasteiger partial charge in [-0.25, -0.2) is 20.4 Å². The van der Waals surface area contributed by atoms with Crippen LogP contribution < -0.4 is 16.1 Å².